The fourth-order valence-electron chi connectivity index (χ4n) is 2.20. The first kappa shape index (κ1) is 17.3. The zero-order valence-corrected chi connectivity index (χ0v) is 13.6. The zero-order valence-electron chi connectivity index (χ0n) is 13.6. The van der Waals surface area contributed by atoms with Gasteiger partial charge in [-0.25, -0.2) is 0 Å². The van der Waals surface area contributed by atoms with E-state index in [-0.39, 0.29) is 5.97 Å². The highest BCUT2D eigenvalue weighted by Gasteiger charge is 2.14. The van der Waals surface area contributed by atoms with Crippen LogP contribution < -0.4 is 9.47 Å². The van der Waals surface area contributed by atoms with Gasteiger partial charge in [0.15, 0.2) is 0 Å². The molecule has 1 rings (SSSR count). The molecule has 0 N–H and O–H groups in total. The van der Waals surface area contributed by atoms with Crippen LogP contribution in [0.25, 0.3) is 0 Å². The number of rotatable bonds is 8. The summed E-state index contributed by atoms with van der Waals surface area (Å²) in [6.45, 7) is 12.0. The van der Waals surface area contributed by atoms with Crippen molar-refractivity contribution in [1.29, 1.82) is 0 Å². The van der Waals surface area contributed by atoms with Gasteiger partial charge in [0, 0.05) is 6.92 Å². The molecule has 0 spiro atoms. The monoisotopic (exact) mass is 290 g/mol. The highest BCUT2D eigenvalue weighted by molar-refractivity contribution is 5.70. The summed E-state index contributed by atoms with van der Waals surface area (Å²) >= 11 is 0. The fraction of sp³-hybridized carbons (Fsp3) is 0.500. The Morgan fingerprint density at radius 2 is 1.62 bits per heavy atom. The molecule has 1 aromatic rings. The van der Waals surface area contributed by atoms with Crippen LogP contribution in [0.4, 0.5) is 0 Å². The average molecular weight is 290 g/mol. The number of carbonyl (C=O) groups excluding carboxylic acids is 1. The van der Waals surface area contributed by atoms with Crippen molar-refractivity contribution in [2.75, 3.05) is 6.61 Å². The molecule has 0 amide bonds. The van der Waals surface area contributed by atoms with Crippen LogP contribution in [0.1, 0.15) is 51.7 Å². The van der Waals surface area contributed by atoms with Gasteiger partial charge in [0.05, 0.1) is 0 Å². The summed E-state index contributed by atoms with van der Waals surface area (Å²) in [5.74, 6) is 1.26. The molecule has 0 fully saturated rings. The zero-order chi connectivity index (χ0) is 15.8. The van der Waals surface area contributed by atoms with Crippen molar-refractivity contribution in [3.8, 4) is 11.5 Å². The van der Waals surface area contributed by atoms with Crippen LogP contribution >= 0.6 is 0 Å². The Labute approximate surface area is 128 Å². The number of benzene rings is 1. The Balaban J connectivity index is 3.19. The first-order valence-electron chi connectivity index (χ1n) is 7.59. The first-order valence-corrected chi connectivity index (χ1v) is 7.59. The number of ether oxygens (including phenoxy) is 2. The molecule has 3 heteroatoms. The number of esters is 1. The van der Waals surface area contributed by atoms with Crippen LogP contribution in [0, 0.1) is 0 Å². The third kappa shape index (κ3) is 5.62. The minimum absolute atomic E-state index is 0.277. The summed E-state index contributed by atoms with van der Waals surface area (Å²) in [6.07, 6.45) is 3.71. The molecule has 116 valence electrons. The summed E-state index contributed by atoms with van der Waals surface area (Å²) < 4.78 is 11.2. The van der Waals surface area contributed by atoms with Gasteiger partial charge in [0.2, 0.25) is 0 Å². The van der Waals surface area contributed by atoms with Crippen LogP contribution in [0.2, 0.25) is 0 Å². The van der Waals surface area contributed by atoms with Crippen LogP contribution in [-0.4, -0.2) is 12.6 Å². The molecule has 0 radical (unpaired) electrons. The Hall–Kier alpha value is -1.77. The molecule has 3 nitrogen and oxygen atoms in total. The first-order chi connectivity index (χ1) is 9.97. The third-order valence-electron chi connectivity index (χ3n) is 2.99. The molecule has 0 heterocycles. The maximum atomic E-state index is 11.4. The average Bonchev–Trinajstić information content (AvgIpc) is 2.40. The lowest BCUT2D eigenvalue weighted by Gasteiger charge is -2.16. The lowest BCUT2D eigenvalue weighted by molar-refractivity contribution is -0.132. The molecular formula is C18H26O3. The van der Waals surface area contributed by atoms with Crippen molar-refractivity contribution in [1.82, 2.24) is 0 Å². The number of hydrogen-bond acceptors (Lipinski definition) is 3. The van der Waals surface area contributed by atoms with Gasteiger partial charge in [-0.2, -0.15) is 0 Å². The molecule has 0 aliphatic carbocycles. The topological polar surface area (TPSA) is 35.5 Å². The molecular weight excluding hydrogens is 264 g/mol. The van der Waals surface area contributed by atoms with E-state index in [1.54, 1.807) is 0 Å². The number of hydrogen-bond donors (Lipinski definition) is 0. The van der Waals surface area contributed by atoms with Gasteiger partial charge in [0.1, 0.15) is 18.1 Å². The molecule has 0 unspecified atom stereocenters. The van der Waals surface area contributed by atoms with Crippen molar-refractivity contribution in [3.05, 3.63) is 35.4 Å². The third-order valence-corrected chi connectivity index (χ3v) is 2.99. The lowest BCUT2D eigenvalue weighted by Crippen LogP contribution is -2.08. The normalized spacial score (nSPS) is 10.3. The minimum atomic E-state index is -0.277. The van der Waals surface area contributed by atoms with Crippen molar-refractivity contribution >= 4 is 5.97 Å². The second-order valence-corrected chi connectivity index (χ2v) is 5.41. The molecule has 0 aliphatic rings. The van der Waals surface area contributed by atoms with E-state index in [1.807, 2.05) is 19.1 Å². The predicted octanol–water partition coefficient (Wildman–Crippen LogP) is 4.47. The predicted molar refractivity (Wildman–Crippen MR) is 86.1 cm³/mol. The van der Waals surface area contributed by atoms with E-state index in [4.69, 9.17) is 9.47 Å². The summed E-state index contributed by atoms with van der Waals surface area (Å²) in [4.78, 5) is 11.4. The molecule has 0 saturated heterocycles. The summed E-state index contributed by atoms with van der Waals surface area (Å²) in [5.41, 5.74) is 3.05. The van der Waals surface area contributed by atoms with Gasteiger partial charge < -0.3 is 9.47 Å². The summed E-state index contributed by atoms with van der Waals surface area (Å²) in [6, 6.07) is 3.95. The lowest BCUT2D eigenvalue weighted by atomic mass is 10.0. The van der Waals surface area contributed by atoms with E-state index in [0.717, 1.165) is 48.1 Å². The van der Waals surface area contributed by atoms with Crippen molar-refractivity contribution in [3.63, 3.8) is 0 Å². The van der Waals surface area contributed by atoms with Gasteiger partial charge in [-0.1, -0.05) is 33.3 Å². The Morgan fingerprint density at radius 3 is 2.00 bits per heavy atom. The Bertz CT molecular complexity index is 476. The van der Waals surface area contributed by atoms with Crippen molar-refractivity contribution in [2.45, 2.75) is 53.4 Å². The quantitative estimate of drug-likeness (QED) is 0.402. The smallest absolute Gasteiger partial charge is 0.308 e. The van der Waals surface area contributed by atoms with Gasteiger partial charge in [-0.3, -0.25) is 4.79 Å². The van der Waals surface area contributed by atoms with E-state index in [2.05, 4.69) is 20.4 Å². The molecule has 0 aliphatic heterocycles. The second kappa shape index (κ2) is 8.50. The molecule has 1 aromatic carbocycles. The van der Waals surface area contributed by atoms with Gasteiger partial charge in [0.25, 0.3) is 0 Å². The van der Waals surface area contributed by atoms with Crippen LogP contribution in [-0.2, 0) is 17.6 Å². The van der Waals surface area contributed by atoms with Crippen LogP contribution in [0.15, 0.2) is 24.3 Å². The maximum Gasteiger partial charge on any atom is 0.308 e. The minimum Gasteiger partial charge on any atom is -0.489 e. The highest BCUT2D eigenvalue weighted by Crippen LogP contribution is 2.32. The van der Waals surface area contributed by atoms with Crippen molar-refractivity contribution in [2.24, 2.45) is 0 Å². The van der Waals surface area contributed by atoms with E-state index >= 15 is 0 Å². The maximum absolute atomic E-state index is 11.4. The van der Waals surface area contributed by atoms with Crippen molar-refractivity contribution < 1.29 is 14.3 Å². The second-order valence-electron chi connectivity index (χ2n) is 5.41. The number of aryl methyl sites for hydroxylation is 2. The molecule has 0 bridgehead atoms. The summed E-state index contributed by atoms with van der Waals surface area (Å²) in [5, 5.41) is 0. The van der Waals surface area contributed by atoms with Gasteiger partial charge in [-0.05, 0) is 48.6 Å². The molecule has 0 aromatic heterocycles. The summed E-state index contributed by atoms with van der Waals surface area (Å²) in [7, 11) is 0. The highest BCUT2D eigenvalue weighted by atomic mass is 16.5. The SMILES string of the molecule is C=C(C)COc1cc(CCC)c(OC(C)=O)c(CCC)c1. The largest absolute Gasteiger partial charge is 0.489 e. The van der Waals surface area contributed by atoms with E-state index in [9.17, 15) is 4.79 Å². The van der Waals surface area contributed by atoms with E-state index < -0.39 is 0 Å². The fourth-order valence-corrected chi connectivity index (χ4v) is 2.20. The van der Waals surface area contributed by atoms with Gasteiger partial charge in [-0.15, -0.1) is 0 Å². The Morgan fingerprint density at radius 1 is 1.10 bits per heavy atom. The molecule has 0 saturated carbocycles. The molecule has 21 heavy (non-hydrogen) atoms. The van der Waals surface area contributed by atoms with E-state index in [0.29, 0.717) is 12.4 Å². The van der Waals surface area contributed by atoms with Crippen LogP contribution in [0.5, 0.6) is 11.5 Å². The van der Waals surface area contributed by atoms with Crippen LogP contribution in [0.3, 0.4) is 0 Å². The number of carbonyl (C=O) groups is 1. The van der Waals surface area contributed by atoms with Gasteiger partial charge >= 0.3 is 5.97 Å². The Kier molecular flexibility index (Phi) is 7.00. The standard InChI is InChI=1S/C18H26O3/c1-6-8-15-10-17(20-12-13(3)4)11-16(9-7-2)18(15)21-14(5)19/h10-11H,3,6-9,12H2,1-2,4-5H3. The molecule has 0 atom stereocenters. The van der Waals surface area contributed by atoms with E-state index in [1.165, 1.54) is 6.92 Å².